The van der Waals surface area contributed by atoms with Gasteiger partial charge in [0.25, 0.3) is 5.91 Å². The first-order chi connectivity index (χ1) is 10.1. The van der Waals surface area contributed by atoms with E-state index in [2.05, 4.69) is 10.6 Å². The van der Waals surface area contributed by atoms with E-state index in [9.17, 15) is 4.79 Å². The van der Waals surface area contributed by atoms with Crippen LogP contribution in [-0.2, 0) is 6.42 Å². The van der Waals surface area contributed by atoms with Crippen LogP contribution in [0.2, 0.25) is 10.0 Å². The number of hydrogen-bond acceptors (Lipinski definition) is 2. The van der Waals surface area contributed by atoms with Gasteiger partial charge in [-0.15, -0.1) is 0 Å². The minimum atomic E-state index is -0.219. The summed E-state index contributed by atoms with van der Waals surface area (Å²) in [5, 5.41) is 7.11. The van der Waals surface area contributed by atoms with Crippen LogP contribution in [0.25, 0.3) is 0 Å². The molecule has 108 valence electrons. The molecule has 5 heteroatoms. The van der Waals surface area contributed by atoms with Crippen molar-refractivity contribution >= 4 is 40.5 Å². The Balaban J connectivity index is 1.81. The molecule has 1 aliphatic rings. The molecule has 0 bridgehead atoms. The molecule has 0 fully saturated rings. The highest BCUT2D eigenvalue weighted by Gasteiger charge is 2.12. The van der Waals surface area contributed by atoms with Gasteiger partial charge in [0.15, 0.2) is 0 Å². The van der Waals surface area contributed by atoms with Crippen LogP contribution in [0.15, 0.2) is 36.4 Å². The summed E-state index contributed by atoms with van der Waals surface area (Å²) in [4.78, 5) is 12.2. The third kappa shape index (κ3) is 3.31. The van der Waals surface area contributed by atoms with Gasteiger partial charge in [-0.3, -0.25) is 4.79 Å². The van der Waals surface area contributed by atoms with Crippen LogP contribution in [0, 0.1) is 0 Å². The van der Waals surface area contributed by atoms with Crippen LogP contribution in [0.4, 0.5) is 11.4 Å². The van der Waals surface area contributed by atoms with Gasteiger partial charge < -0.3 is 10.6 Å². The topological polar surface area (TPSA) is 41.1 Å². The molecule has 3 rings (SSSR count). The molecule has 0 radical (unpaired) electrons. The first-order valence-electron chi connectivity index (χ1n) is 6.76. The van der Waals surface area contributed by atoms with E-state index < -0.39 is 0 Å². The molecule has 2 aromatic rings. The second-order valence-electron chi connectivity index (χ2n) is 5.01. The van der Waals surface area contributed by atoms with Crippen molar-refractivity contribution in [3.8, 4) is 0 Å². The number of amides is 1. The monoisotopic (exact) mass is 320 g/mol. The minimum Gasteiger partial charge on any atom is -0.385 e. The maximum absolute atomic E-state index is 12.2. The molecule has 0 aromatic heterocycles. The van der Waals surface area contributed by atoms with Crippen molar-refractivity contribution in [1.29, 1.82) is 0 Å². The molecular formula is C16H14Cl2N2O. The van der Waals surface area contributed by atoms with Crippen molar-refractivity contribution in [3.05, 3.63) is 57.6 Å². The van der Waals surface area contributed by atoms with Crippen molar-refractivity contribution in [2.24, 2.45) is 0 Å². The van der Waals surface area contributed by atoms with Crippen LogP contribution in [0.3, 0.4) is 0 Å². The van der Waals surface area contributed by atoms with Crippen LogP contribution in [0.5, 0.6) is 0 Å². The third-order valence-corrected chi connectivity index (χ3v) is 3.86. The highest BCUT2D eigenvalue weighted by atomic mass is 35.5. The lowest BCUT2D eigenvalue weighted by Crippen LogP contribution is -2.14. The maximum atomic E-state index is 12.2. The molecule has 21 heavy (non-hydrogen) atoms. The fourth-order valence-corrected chi connectivity index (χ4v) is 2.97. The van der Waals surface area contributed by atoms with Gasteiger partial charge >= 0.3 is 0 Å². The summed E-state index contributed by atoms with van der Waals surface area (Å²) in [5.41, 5.74) is 3.59. The number of nitrogens with one attached hydrogen (secondary N) is 2. The van der Waals surface area contributed by atoms with Crippen molar-refractivity contribution in [2.75, 3.05) is 17.2 Å². The van der Waals surface area contributed by atoms with Gasteiger partial charge in [0.1, 0.15) is 0 Å². The van der Waals surface area contributed by atoms with E-state index in [1.807, 2.05) is 18.2 Å². The standard InChI is InChI=1S/C16H14Cl2N2O/c17-12-6-11(7-13(18)9-12)16(21)20-14-3-4-15-10(8-14)2-1-5-19-15/h3-4,6-9,19H,1-2,5H2,(H,20,21). The zero-order chi connectivity index (χ0) is 14.8. The highest BCUT2D eigenvalue weighted by molar-refractivity contribution is 6.35. The Morgan fingerprint density at radius 3 is 2.62 bits per heavy atom. The lowest BCUT2D eigenvalue weighted by Gasteiger charge is -2.18. The summed E-state index contributed by atoms with van der Waals surface area (Å²) >= 11 is 11.8. The van der Waals surface area contributed by atoms with Crippen molar-refractivity contribution in [1.82, 2.24) is 0 Å². The zero-order valence-electron chi connectivity index (χ0n) is 11.2. The molecule has 0 saturated carbocycles. The SMILES string of the molecule is O=C(Nc1ccc2c(c1)CCCN2)c1cc(Cl)cc(Cl)c1. The quantitative estimate of drug-likeness (QED) is 0.848. The molecule has 0 aliphatic carbocycles. The number of aryl methyl sites for hydroxylation is 1. The number of anilines is 2. The third-order valence-electron chi connectivity index (χ3n) is 3.43. The smallest absolute Gasteiger partial charge is 0.255 e. The second-order valence-corrected chi connectivity index (χ2v) is 5.89. The van der Waals surface area contributed by atoms with E-state index >= 15 is 0 Å². The molecule has 1 heterocycles. The number of halogens is 2. The fourth-order valence-electron chi connectivity index (χ4n) is 2.44. The van der Waals surface area contributed by atoms with Crippen molar-refractivity contribution < 1.29 is 4.79 Å². The average Bonchev–Trinajstić information content (AvgIpc) is 2.46. The largest absolute Gasteiger partial charge is 0.385 e. The Labute approximate surface area is 133 Å². The van der Waals surface area contributed by atoms with Crippen LogP contribution in [-0.4, -0.2) is 12.5 Å². The number of carbonyl (C=O) groups is 1. The molecule has 0 saturated heterocycles. The second kappa shape index (κ2) is 5.96. The summed E-state index contributed by atoms with van der Waals surface area (Å²) in [5.74, 6) is -0.219. The lowest BCUT2D eigenvalue weighted by atomic mass is 10.0. The summed E-state index contributed by atoms with van der Waals surface area (Å²) in [7, 11) is 0. The molecule has 0 atom stereocenters. The van der Waals surface area contributed by atoms with Gasteiger partial charge in [-0.25, -0.2) is 0 Å². The number of fused-ring (bicyclic) bond motifs is 1. The normalized spacial score (nSPS) is 13.2. The van der Waals surface area contributed by atoms with Crippen LogP contribution >= 0.6 is 23.2 Å². The molecule has 1 amide bonds. The van der Waals surface area contributed by atoms with Gasteiger partial charge in [0.05, 0.1) is 0 Å². The highest BCUT2D eigenvalue weighted by Crippen LogP contribution is 2.26. The van der Waals surface area contributed by atoms with E-state index in [-0.39, 0.29) is 5.91 Å². The molecule has 0 unspecified atom stereocenters. The average molecular weight is 321 g/mol. The minimum absolute atomic E-state index is 0.219. The maximum Gasteiger partial charge on any atom is 0.255 e. The summed E-state index contributed by atoms with van der Waals surface area (Å²) in [6, 6.07) is 10.7. The number of carbonyl (C=O) groups excluding carboxylic acids is 1. The Hall–Kier alpha value is -1.71. The number of benzene rings is 2. The molecule has 2 aromatic carbocycles. The summed E-state index contributed by atoms with van der Waals surface area (Å²) < 4.78 is 0. The fraction of sp³-hybridized carbons (Fsp3) is 0.188. The first kappa shape index (κ1) is 14.2. The van der Waals surface area contributed by atoms with Gasteiger partial charge in [0, 0.05) is 33.5 Å². The predicted molar refractivity (Wildman–Crippen MR) is 87.7 cm³/mol. The van der Waals surface area contributed by atoms with Gasteiger partial charge in [-0.05, 0) is 54.8 Å². The molecule has 0 spiro atoms. The van der Waals surface area contributed by atoms with Crippen LogP contribution in [0.1, 0.15) is 22.3 Å². The van der Waals surface area contributed by atoms with E-state index in [1.54, 1.807) is 18.2 Å². The lowest BCUT2D eigenvalue weighted by molar-refractivity contribution is 0.102. The molecule has 3 nitrogen and oxygen atoms in total. The molecule has 2 N–H and O–H groups in total. The first-order valence-corrected chi connectivity index (χ1v) is 7.52. The Bertz CT molecular complexity index is 680. The van der Waals surface area contributed by atoms with Crippen molar-refractivity contribution in [3.63, 3.8) is 0 Å². The van der Waals surface area contributed by atoms with Crippen molar-refractivity contribution in [2.45, 2.75) is 12.8 Å². The van der Waals surface area contributed by atoms with E-state index in [4.69, 9.17) is 23.2 Å². The summed E-state index contributed by atoms with van der Waals surface area (Å²) in [6.07, 6.45) is 2.13. The Morgan fingerprint density at radius 1 is 1.10 bits per heavy atom. The Morgan fingerprint density at radius 2 is 1.86 bits per heavy atom. The van der Waals surface area contributed by atoms with E-state index in [0.717, 1.165) is 30.8 Å². The number of hydrogen-bond donors (Lipinski definition) is 2. The van der Waals surface area contributed by atoms with Gasteiger partial charge in [0.2, 0.25) is 0 Å². The number of rotatable bonds is 2. The summed E-state index contributed by atoms with van der Waals surface area (Å²) in [6.45, 7) is 1.000. The van der Waals surface area contributed by atoms with E-state index in [1.165, 1.54) is 5.56 Å². The Kier molecular flexibility index (Phi) is 4.04. The van der Waals surface area contributed by atoms with Crippen LogP contribution < -0.4 is 10.6 Å². The molecule has 1 aliphatic heterocycles. The predicted octanol–water partition coefficient (Wildman–Crippen LogP) is 4.60. The van der Waals surface area contributed by atoms with Gasteiger partial charge in [-0.1, -0.05) is 23.2 Å². The zero-order valence-corrected chi connectivity index (χ0v) is 12.8. The van der Waals surface area contributed by atoms with Gasteiger partial charge in [-0.2, -0.15) is 0 Å². The van der Waals surface area contributed by atoms with E-state index in [0.29, 0.717) is 15.6 Å². The molecular weight excluding hydrogens is 307 g/mol.